The van der Waals surface area contributed by atoms with E-state index in [0.29, 0.717) is 0 Å². The molecule has 168 valence electrons. The molecule has 0 aliphatic carbocycles. The Balaban J connectivity index is 2.26. The fourth-order valence-electron chi connectivity index (χ4n) is 3.16. The predicted molar refractivity (Wildman–Crippen MR) is 133 cm³/mol. The molecule has 0 bridgehead atoms. The van der Waals surface area contributed by atoms with Crippen molar-refractivity contribution in [3.63, 3.8) is 0 Å². The average molecular weight is 448 g/mol. The van der Waals surface area contributed by atoms with Crippen LogP contribution in [0.1, 0.15) is 37.4 Å². The Hall–Kier alpha value is -1.42. The van der Waals surface area contributed by atoms with Gasteiger partial charge in [0.1, 0.15) is 0 Å². The van der Waals surface area contributed by atoms with Crippen molar-refractivity contribution in [2.75, 3.05) is 18.9 Å². The number of nitrogens with one attached hydrogen (secondary N) is 1. The van der Waals surface area contributed by atoms with Crippen LogP contribution in [0.15, 0.2) is 24.3 Å². The Morgan fingerprint density at radius 3 is 1.87 bits per heavy atom. The molecule has 0 saturated carbocycles. The first-order chi connectivity index (χ1) is 13.9. The van der Waals surface area contributed by atoms with Crippen LogP contribution in [0.25, 0.3) is 11.1 Å². The topological polar surface area (TPSA) is 73.2 Å². The van der Waals surface area contributed by atoms with Gasteiger partial charge in [0, 0.05) is 40.6 Å². The van der Waals surface area contributed by atoms with E-state index in [2.05, 4.69) is 75.5 Å². The molecule has 0 aliphatic heterocycles. The zero-order chi connectivity index (χ0) is 22.5. The minimum Gasteiger partial charge on any atom is -0.399 e. The lowest BCUT2D eigenvalue weighted by Crippen LogP contribution is -2.22. The van der Waals surface area contributed by atoms with E-state index >= 15 is 0 Å². The third-order valence-corrected chi connectivity index (χ3v) is 8.66. The van der Waals surface area contributed by atoms with Gasteiger partial charge < -0.3 is 15.2 Å². The first kappa shape index (κ1) is 24.8. The van der Waals surface area contributed by atoms with Gasteiger partial charge in [0.05, 0.1) is 23.6 Å². The second kappa shape index (κ2) is 10.3. The number of ether oxygens (including phenoxy) is 2. The van der Waals surface area contributed by atoms with E-state index in [1.807, 2.05) is 12.1 Å². The van der Waals surface area contributed by atoms with Gasteiger partial charge >= 0.3 is 0 Å². The van der Waals surface area contributed by atoms with Crippen molar-refractivity contribution >= 4 is 21.8 Å². The van der Waals surface area contributed by atoms with Gasteiger partial charge in [-0.25, -0.2) is 0 Å². The van der Waals surface area contributed by atoms with Crippen molar-refractivity contribution in [1.29, 1.82) is 0 Å². The maximum absolute atomic E-state index is 6.21. The van der Waals surface area contributed by atoms with Crippen molar-refractivity contribution in [2.24, 2.45) is 0 Å². The number of benzene rings is 1. The van der Waals surface area contributed by atoms with E-state index < -0.39 is 16.1 Å². The van der Waals surface area contributed by atoms with Gasteiger partial charge in [-0.2, -0.15) is 5.10 Å². The molecule has 3 N–H and O–H groups in total. The van der Waals surface area contributed by atoms with Gasteiger partial charge in [-0.05, 0) is 43.6 Å². The highest BCUT2D eigenvalue weighted by Gasteiger charge is 2.25. The molecular formula is C23H41N3O2Si2. The largest absolute Gasteiger partial charge is 0.399 e. The summed E-state index contributed by atoms with van der Waals surface area (Å²) in [6.07, 6.45) is -0.155. The Morgan fingerprint density at radius 1 is 0.867 bits per heavy atom. The highest BCUT2D eigenvalue weighted by atomic mass is 28.3. The lowest BCUT2D eigenvalue weighted by atomic mass is 9.98. The van der Waals surface area contributed by atoms with Crippen molar-refractivity contribution in [2.45, 2.75) is 77.4 Å². The standard InChI is InChI=1S/C23H41N3O2Si2/c1-17(27-13-15-29(3,4)5)22-21(19-9-11-20(24)12-10-19)23(26-25-22)18(2)28-14-16-30(6,7)8/h9-12,17-18H,13-16,24H2,1-8H3,(H,25,26). The SMILES string of the molecule is CC(OCC[Si](C)(C)C)c1n[nH]c(C(C)OCC[Si](C)(C)C)c1-c1ccc(N)cc1. The molecular weight excluding hydrogens is 406 g/mol. The average Bonchev–Trinajstić information content (AvgIpc) is 3.05. The number of nitrogen functional groups attached to an aromatic ring is 1. The number of aromatic nitrogens is 2. The van der Waals surface area contributed by atoms with Crippen LogP contribution in [0.5, 0.6) is 0 Å². The molecule has 2 unspecified atom stereocenters. The van der Waals surface area contributed by atoms with Crippen LogP contribution >= 0.6 is 0 Å². The third-order valence-electron chi connectivity index (χ3n) is 5.25. The molecule has 0 amide bonds. The van der Waals surface area contributed by atoms with Gasteiger partial charge in [-0.1, -0.05) is 51.4 Å². The Kier molecular flexibility index (Phi) is 8.50. The van der Waals surface area contributed by atoms with Crippen molar-refractivity contribution < 1.29 is 9.47 Å². The molecule has 1 aromatic heterocycles. The first-order valence-corrected chi connectivity index (χ1v) is 18.5. The summed E-state index contributed by atoms with van der Waals surface area (Å²) in [5.74, 6) is 0. The maximum atomic E-state index is 6.21. The number of H-pyrrole nitrogens is 1. The Labute approximate surface area is 184 Å². The number of hydrogen-bond donors (Lipinski definition) is 2. The van der Waals surface area contributed by atoms with E-state index in [-0.39, 0.29) is 12.2 Å². The summed E-state index contributed by atoms with van der Waals surface area (Å²) in [6.45, 7) is 19.9. The minimum absolute atomic E-state index is 0.0654. The molecule has 2 atom stereocenters. The molecule has 1 heterocycles. The van der Waals surface area contributed by atoms with E-state index in [4.69, 9.17) is 15.2 Å². The summed E-state index contributed by atoms with van der Waals surface area (Å²) in [6, 6.07) is 10.3. The molecule has 1 aromatic carbocycles. The van der Waals surface area contributed by atoms with E-state index in [1.165, 1.54) is 0 Å². The van der Waals surface area contributed by atoms with Crippen molar-refractivity contribution in [3.8, 4) is 11.1 Å². The molecule has 5 nitrogen and oxygen atoms in total. The van der Waals surface area contributed by atoms with Crippen LogP contribution in [0.4, 0.5) is 5.69 Å². The quantitative estimate of drug-likeness (QED) is 0.305. The second-order valence-electron chi connectivity index (χ2n) is 10.7. The van der Waals surface area contributed by atoms with Crippen molar-refractivity contribution in [3.05, 3.63) is 35.7 Å². The molecule has 30 heavy (non-hydrogen) atoms. The maximum Gasteiger partial charge on any atom is 0.0991 e. The predicted octanol–water partition coefficient (Wildman–Crippen LogP) is 6.49. The van der Waals surface area contributed by atoms with Crippen LogP contribution < -0.4 is 5.73 Å². The molecule has 7 heteroatoms. The van der Waals surface area contributed by atoms with Gasteiger partial charge in [-0.15, -0.1) is 0 Å². The van der Waals surface area contributed by atoms with Gasteiger partial charge in [-0.3, -0.25) is 5.10 Å². The first-order valence-electron chi connectivity index (χ1n) is 11.0. The number of anilines is 1. The summed E-state index contributed by atoms with van der Waals surface area (Å²) in [5, 5.41) is 7.92. The fourth-order valence-corrected chi connectivity index (χ4v) is 4.62. The number of rotatable bonds is 11. The molecule has 0 aliphatic rings. The smallest absolute Gasteiger partial charge is 0.0991 e. The minimum atomic E-state index is -1.14. The summed E-state index contributed by atoms with van der Waals surface area (Å²) >= 11 is 0. The number of aromatic amines is 1. The van der Waals surface area contributed by atoms with E-state index in [1.54, 1.807) is 0 Å². The summed E-state index contributed by atoms with van der Waals surface area (Å²) in [7, 11) is -2.27. The van der Waals surface area contributed by atoms with Crippen LogP contribution in [0.3, 0.4) is 0 Å². The van der Waals surface area contributed by atoms with Gasteiger partial charge in [0.2, 0.25) is 0 Å². The Bertz CT molecular complexity index is 749. The lowest BCUT2D eigenvalue weighted by Gasteiger charge is -2.20. The summed E-state index contributed by atoms with van der Waals surface area (Å²) in [5.41, 5.74) is 10.8. The Morgan fingerprint density at radius 2 is 1.37 bits per heavy atom. The normalized spacial score (nSPS) is 14.7. The molecule has 2 rings (SSSR count). The molecule has 0 spiro atoms. The van der Waals surface area contributed by atoms with Crippen LogP contribution in [0, 0.1) is 0 Å². The molecule has 0 radical (unpaired) electrons. The van der Waals surface area contributed by atoms with Crippen molar-refractivity contribution in [1.82, 2.24) is 10.2 Å². The zero-order valence-electron chi connectivity index (χ0n) is 20.1. The van der Waals surface area contributed by atoms with E-state index in [0.717, 1.165) is 53.5 Å². The number of nitrogens with zero attached hydrogens (tertiary/aromatic N) is 1. The highest BCUT2D eigenvalue weighted by molar-refractivity contribution is 6.76. The summed E-state index contributed by atoms with van der Waals surface area (Å²) < 4.78 is 12.4. The molecule has 2 aromatic rings. The van der Waals surface area contributed by atoms with Crippen LogP contribution in [-0.2, 0) is 9.47 Å². The third kappa shape index (κ3) is 7.68. The van der Waals surface area contributed by atoms with Gasteiger partial charge in [0.25, 0.3) is 0 Å². The lowest BCUT2D eigenvalue weighted by molar-refractivity contribution is 0.0721. The molecule has 0 saturated heterocycles. The molecule has 0 fully saturated rings. The number of hydrogen-bond acceptors (Lipinski definition) is 4. The monoisotopic (exact) mass is 447 g/mol. The second-order valence-corrected chi connectivity index (χ2v) is 21.9. The van der Waals surface area contributed by atoms with Crippen LogP contribution in [0.2, 0.25) is 51.4 Å². The van der Waals surface area contributed by atoms with Crippen LogP contribution in [-0.4, -0.2) is 39.6 Å². The summed E-state index contributed by atoms with van der Waals surface area (Å²) in [4.78, 5) is 0. The number of nitrogens with two attached hydrogens (primary N) is 1. The zero-order valence-corrected chi connectivity index (χ0v) is 22.1. The van der Waals surface area contributed by atoms with E-state index in [9.17, 15) is 0 Å². The van der Waals surface area contributed by atoms with Gasteiger partial charge in [0.15, 0.2) is 0 Å². The fraction of sp³-hybridized carbons (Fsp3) is 0.609. The highest BCUT2D eigenvalue weighted by Crippen LogP contribution is 2.36.